The van der Waals surface area contributed by atoms with Crippen molar-refractivity contribution in [1.29, 1.82) is 0 Å². The van der Waals surface area contributed by atoms with Gasteiger partial charge in [0.2, 0.25) is 0 Å². The van der Waals surface area contributed by atoms with E-state index in [1.807, 2.05) is 0 Å². The van der Waals surface area contributed by atoms with E-state index in [0.29, 0.717) is 0 Å². The largest absolute Gasteiger partial charge is 0.316 e. The zero-order valence-electron chi connectivity index (χ0n) is 12.3. The summed E-state index contributed by atoms with van der Waals surface area (Å²) in [6, 6.07) is 8.77. The monoisotopic (exact) mass is 245 g/mol. The smallest absolute Gasteiger partial charge is 0.00141 e. The van der Waals surface area contributed by atoms with Crippen LogP contribution in [0.3, 0.4) is 0 Å². The highest BCUT2D eigenvalue weighted by atomic mass is 14.8. The molecule has 1 N–H and O–H groups in total. The van der Waals surface area contributed by atoms with E-state index < -0.39 is 0 Å². The summed E-state index contributed by atoms with van der Waals surface area (Å²) in [4.78, 5) is 0. The summed E-state index contributed by atoms with van der Waals surface area (Å²) in [5.41, 5.74) is 4.23. The van der Waals surface area contributed by atoms with Gasteiger partial charge in [0.25, 0.3) is 0 Å². The van der Waals surface area contributed by atoms with Crippen molar-refractivity contribution in [2.45, 2.75) is 40.5 Å². The second kappa shape index (κ2) is 8.10. The minimum absolute atomic E-state index is 0.738. The van der Waals surface area contributed by atoms with Crippen molar-refractivity contribution in [3.05, 3.63) is 47.0 Å². The molecule has 0 aromatic heterocycles. The lowest BCUT2D eigenvalue weighted by Crippen LogP contribution is -2.20. The number of aryl methyl sites for hydroxylation is 1. The lowest BCUT2D eigenvalue weighted by atomic mass is 10.0. The molecule has 0 aliphatic heterocycles. The summed E-state index contributed by atoms with van der Waals surface area (Å²) in [6.45, 7) is 11.1. The molecule has 0 bridgehead atoms. The Morgan fingerprint density at radius 3 is 2.78 bits per heavy atom. The fraction of sp³-hybridized carbons (Fsp3) is 0.529. The van der Waals surface area contributed by atoms with Crippen LogP contribution in [0, 0.1) is 12.8 Å². The second-order valence-electron chi connectivity index (χ2n) is 5.60. The number of rotatable bonds is 7. The Bertz CT molecular complexity index is 377. The molecule has 100 valence electrons. The van der Waals surface area contributed by atoms with Crippen LogP contribution in [0.25, 0.3) is 0 Å². The Morgan fingerprint density at radius 1 is 1.33 bits per heavy atom. The number of nitrogens with one attached hydrogen (secondary N) is 1. The van der Waals surface area contributed by atoms with E-state index in [1.165, 1.54) is 16.7 Å². The van der Waals surface area contributed by atoms with Crippen molar-refractivity contribution in [3.63, 3.8) is 0 Å². The summed E-state index contributed by atoms with van der Waals surface area (Å²) in [5, 5.41) is 3.47. The molecule has 1 aromatic rings. The van der Waals surface area contributed by atoms with Gasteiger partial charge in [-0.1, -0.05) is 55.3 Å². The van der Waals surface area contributed by atoms with Gasteiger partial charge >= 0.3 is 0 Å². The van der Waals surface area contributed by atoms with Crippen LogP contribution in [-0.4, -0.2) is 13.1 Å². The average Bonchev–Trinajstić information content (AvgIpc) is 2.28. The molecule has 1 nitrogen and oxygen atoms in total. The van der Waals surface area contributed by atoms with Crippen LogP contribution in [-0.2, 0) is 6.42 Å². The molecule has 0 aliphatic rings. The number of benzene rings is 1. The normalized spacial score (nSPS) is 12.2. The highest BCUT2D eigenvalue weighted by Gasteiger charge is 1.96. The highest BCUT2D eigenvalue weighted by Crippen LogP contribution is 2.10. The molecule has 0 fully saturated rings. The van der Waals surface area contributed by atoms with Crippen LogP contribution in [0.2, 0.25) is 0 Å². The van der Waals surface area contributed by atoms with E-state index in [1.54, 1.807) is 0 Å². The Labute approximate surface area is 112 Å². The van der Waals surface area contributed by atoms with Gasteiger partial charge in [-0.25, -0.2) is 0 Å². The van der Waals surface area contributed by atoms with E-state index in [9.17, 15) is 0 Å². The van der Waals surface area contributed by atoms with Crippen molar-refractivity contribution in [1.82, 2.24) is 5.32 Å². The standard InChI is InChI=1S/C17H27N/c1-14(2)13-18-10-6-8-16(4)12-17-9-5-7-15(3)11-17/h5,7-9,11,14,18H,6,10,12-13H2,1-4H3. The van der Waals surface area contributed by atoms with E-state index in [2.05, 4.69) is 63.4 Å². The first-order chi connectivity index (χ1) is 8.58. The lowest BCUT2D eigenvalue weighted by Gasteiger charge is -2.06. The average molecular weight is 245 g/mol. The fourth-order valence-electron chi connectivity index (χ4n) is 2.03. The maximum absolute atomic E-state index is 3.47. The maximum atomic E-state index is 3.47. The van der Waals surface area contributed by atoms with Crippen LogP contribution in [0.15, 0.2) is 35.9 Å². The van der Waals surface area contributed by atoms with E-state index in [4.69, 9.17) is 0 Å². The van der Waals surface area contributed by atoms with Crippen LogP contribution in [0.5, 0.6) is 0 Å². The maximum Gasteiger partial charge on any atom is -0.00141 e. The third-order valence-corrected chi connectivity index (χ3v) is 2.93. The molecule has 0 saturated carbocycles. The molecule has 0 spiro atoms. The minimum Gasteiger partial charge on any atom is -0.316 e. The van der Waals surface area contributed by atoms with Gasteiger partial charge in [-0.05, 0) is 51.3 Å². The van der Waals surface area contributed by atoms with Gasteiger partial charge in [-0.3, -0.25) is 0 Å². The Balaban J connectivity index is 2.29. The predicted octanol–water partition coefficient (Wildman–Crippen LogP) is 4.12. The van der Waals surface area contributed by atoms with Gasteiger partial charge in [0.05, 0.1) is 0 Å². The zero-order valence-corrected chi connectivity index (χ0v) is 12.3. The second-order valence-corrected chi connectivity index (χ2v) is 5.60. The van der Waals surface area contributed by atoms with Gasteiger partial charge in [-0.15, -0.1) is 0 Å². The molecule has 1 aromatic carbocycles. The minimum atomic E-state index is 0.738. The first-order valence-electron chi connectivity index (χ1n) is 7.00. The third-order valence-electron chi connectivity index (χ3n) is 2.93. The van der Waals surface area contributed by atoms with Crippen LogP contribution >= 0.6 is 0 Å². The Hall–Kier alpha value is -1.08. The Morgan fingerprint density at radius 2 is 2.11 bits per heavy atom. The molecule has 1 rings (SSSR count). The van der Waals surface area contributed by atoms with Crippen molar-refractivity contribution < 1.29 is 0 Å². The molecule has 0 aliphatic carbocycles. The SMILES string of the molecule is CC(=CCCNCC(C)C)Cc1cccc(C)c1. The molecule has 1 heteroatoms. The first-order valence-corrected chi connectivity index (χ1v) is 7.00. The van der Waals surface area contributed by atoms with Crippen molar-refractivity contribution >= 4 is 0 Å². The molecule has 0 unspecified atom stereocenters. The van der Waals surface area contributed by atoms with E-state index in [0.717, 1.165) is 31.8 Å². The fourth-order valence-corrected chi connectivity index (χ4v) is 2.03. The molecular weight excluding hydrogens is 218 g/mol. The molecule has 0 amide bonds. The van der Waals surface area contributed by atoms with Crippen LogP contribution in [0.4, 0.5) is 0 Å². The summed E-state index contributed by atoms with van der Waals surface area (Å²) >= 11 is 0. The quantitative estimate of drug-likeness (QED) is 0.563. The molecule has 0 atom stereocenters. The van der Waals surface area contributed by atoms with Gasteiger partial charge in [0, 0.05) is 0 Å². The van der Waals surface area contributed by atoms with Crippen LogP contribution < -0.4 is 5.32 Å². The van der Waals surface area contributed by atoms with Gasteiger partial charge in [-0.2, -0.15) is 0 Å². The molecule has 0 saturated heterocycles. The molecular formula is C17H27N. The summed E-state index contributed by atoms with van der Waals surface area (Å²) in [7, 11) is 0. The Kier molecular flexibility index (Phi) is 6.74. The van der Waals surface area contributed by atoms with Crippen molar-refractivity contribution in [2.24, 2.45) is 5.92 Å². The molecule has 18 heavy (non-hydrogen) atoms. The number of allylic oxidation sites excluding steroid dienone is 1. The lowest BCUT2D eigenvalue weighted by molar-refractivity contribution is 0.556. The van der Waals surface area contributed by atoms with Crippen molar-refractivity contribution in [3.8, 4) is 0 Å². The molecule has 0 radical (unpaired) electrons. The molecule has 0 heterocycles. The third kappa shape index (κ3) is 6.61. The topological polar surface area (TPSA) is 12.0 Å². The first kappa shape index (κ1) is 15.0. The zero-order chi connectivity index (χ0) is 13.4. The summed E-state index contributed by atoms with van der Waals surface area (Å²) in [5.74, 6) is 0.738. The number of hydrogen-bond donors (Lipinski definition) is 1. The van der Waals surface area contributed by atoms with Gasteiger partial charge in [0.15, 0.2) is 0 Å². The highest BCUT2D eigenvalue weighted by molar-refractivity contribution is 5.26. The van der Waals surface area contributed by atoms with Crippen molar-refractivity contribution in [2.75, 3.05) is 13.1 Å². The summed E-state index contributed by atoms with van der Waals surface area (Å²) in [6.07, 6.45) is 4.56. The van der Waals surface area contributed by atoms with E-state index in [-0.39, 0.29) is 0 Å². The van der Waals surface area contributed by atoms with Gasteiger partial charge < -0.3 is 5.32 Å². The van der Waals surface area contributed by atoms with Gasteiger partial charge in [0.1, 0.15) is 0 Å². The predicted molar refractivity (Wildman–Crippen MR) is 81.0 cm³/mol. The number of hydrogen-bond acceptors (Lipinski definition) is 1. The van der Waals surface area contributed by atoms with Crippen LogP contribution in [0.1, 0.15) is 38.3 Å². The van der Waals surface area contributed by atoms with E-state index >= 15 is 0 Å². The summed E-state index contributed by atoms with van der Waals surface area (Å²) < 4.78 is 0.